The minimum atomic E-state index is -0.778. The Morgan fingerprint density at radius 2 is 1.95 bits per heavy atom. The second kappa shape index (κ2) is 7.57. The fourth-order valence-electron chi connectivity index (χ4n) is 2.41. The maximum Gasteiger partial charge on any atom is 0.306 e. The molecule has 0 radical (unpaired) electrons. The smallest absolute Gasteiger partial charge is 0.306 e. The third-order valence-corrected chi connectivity index (χ3v) is 5.52. The number of hydrogen-bond donors (Lipinski definition) is 1. The summed E-state index contributed by atoms with van der Waals surface area (Å²) in [6, 6.07) is 5.16. The number of amides is 1. The summed E-state index contributed by atoms with van der Waals surface area (Å²) in [6.07, 6.45) is 1.02. The molecular weight excluding hydrogens is 345 g/mol. The molecule has 1 aliphatic heterocycles. The van der Waals surface area contributed by atoms with Crippen LogP contribution < -0.4 is 0 Å². The Morgan fingerprint density at radius 3 is 2.55 bits per heavy atom. The highest BCUT2D eigenvalue weighted by atomic mass is 35.5. The molecule has 0 aliphatic carbocycles. The van der Waals surface area contributed by atoms with Crippen LogP contribution in [-0.2, 0) is 9.59 Å². The van der Waals surface area contributed by atoms with Gasteiger partial charge in [-0.15, -0.1) is 11.8 Å². The number of carboxylic acids is 1. The fourth-order valence-corrected chi connectivity index (χ4v) is 3.91. The number of thioether (sulfide) groups is 1. The van der Waals surface area contributed by atoms with Crippen LogP contribution in [0.25, 0.3) is 0 Å². The van der Waals surface area contributed by atoms with Gasteiger partial charge >= 0.3 is 5.97 Å². The van der Waals surface area contributed by atoms with Crippen molar-refractivity contribution in [1.82, 2.24) is 4.90 Å². The summed E-state index contributed by atoms with van der Waals surface area (Å²) in [7, 11) is 0. The highest BCUT2D eigenvalue weighted by Gasteiger charge is 2.29. The highest BCUT2D eigenvalue weighted by molar-refractivity contribution is 8.00. The van der Waals surface area contributed by atoms with E-state index in [1.54, 1.807) is 23.1 Å². The summed E-state index contributed by atoms with van der Waals surface area (Å²) >= 11 is 13.4. The molecule has 0 spiro atoms. The number of carbonyl (C=O) groups is 2. The van der Waals surface area contributed by atoms with Crippen molar-refractivity contribution in [1.29, 1.82) is 0 Å². The molecule has 1 aromatic rings. The second-order valence-corrected chi connectivity index (χ2v) is 7.50. The van der Waals surface area contributed by atoms with E-state index in [4.69, 9.17) is 28.3 Å². The molecule has 1 aliphatic rings. The monoisotopic (exact) mass is 361 g/mol. The molecule has 22 heavy (non-hydrogen) atoms. The number of hydrogen-bond acceptors (Lipinski definition) is 3. The number of carbonyl (C=O) groups excluding carboxylic acids is 1. The highest BCUT2D eigenvalue weighted by Crippen LogP contribution is 2.33. The molecule has 0 saturated carbocycles. The summed E-state index contributed by atoms with van der Waals surface area (Å²) in [4.78, 5) is 25.9. The van der Waals surface area contributed by atoms with E-state index in [-0.39, 0.29) is 17.1 Å². The zero-order valence-electron chi connectivity index (χ0n) is 12.1. The van der Waals surface area contributed by atoms with E-state index in [1.807, 2.05) is 6.92 Å². The molecule has 120 valence electrons. The van der Waals surface area contributed by atoms with Gasteiger partial charge in [0.15, 0.2) is 0 Å². The lowest BCUT2D eigenvalue weighted by atomic mass is 9.97. The van der Waals surface area contributed by atoms with Gasteiger partial charge in [0.2, 0.25) is 5.91 Å². The summed E-state index contributed by atoms with van der Waals surface area (Å²) in [5, 5.41) is 9.84. The number of halogens is 2. The van der Waals surface area contributed by atoms with Gasteiger partial charge in [-0.1, -0.05) is 23.2 Å². The van der Waals surface area contributed by atoms with Gasteiger partial charge < -0.3 is 10.0 Å². The summed E-state index contributed by atoms with van der Waals surface area (Å²) in [5.41, 5.74) is 0. The molecule has 2 rings (SSSR count). The number of likely N-dealkylation sites (tertiary alicyclic amines) is 1. The van der Waals surface area contributed by atoms with Gasteiger partial charge in [-0.2, -0.15) is 0 Å². The zero-order valence-corrected chi connectivity index (χ0v) is 14.4. The quantitative estimate of drug-likeness (QED) is 0.828. The van der Waals surface area contributed by atoms with Crippen molar-refractivity contribution < 1.29 is 14.7 Å². The molecule has 1 heterocycles. The van der Waals surface area contributed by atoms with E-state index in [0.717, 1.165) is 4.90 Å². The first-order chi connectivity index (χ1) is 10.4. The van der Waals surface area contributed by atoms with Crippen LogP contribution in [0.5, 0.6) is 0 Å². The van der Waals surface area contributed by atoms with E-state index in [0.29, 0.717) is 36.0 Å². The Bertz CT molecular complexity index is 574. The maximum atomic E-state index is 12.5. The molecular formula is C15H17Cl2NO3S. The van der Waals surface area contributed by atoms with E-state index < -0.39 is 5.97 Å². The van der Waals surface area contributed by atoms with Crippen LogP contribution in [0.2, 0.25) is 10.0 Å². The lowest BCUT2D eigenvalue weighted by molar-refractivity contribution is -0.145. The van der Waals surface area contributed by atoms with Crippen molar-refractivity contribution in [2.24, 2.45) is 5.92 Å². The number of benzene rings is 1. The number of aliphatic carboxylic acids is 1. The van der Waals surface area contributed by atoms with Gasteiger partial charge in [0.05, 0.1) is 16.2 Å². The molecule has 7 heteroatoms. The predicted molar refractivity (Wildman–Crippen MR) is 88.7 cm³/mol. The molecule has 1 fully saturated rings. The maximum absolute atomic E-state index is 12.5. The molecule has 1 amide bonds. The Labute approximate surface area is 143 Å². The van der Waals surface area contributed by atoms with Crippen molar-refractivity contribution in [2.75, 3.05) is 13.1 Å². The minimum absolute atomic E-state index is 0.00452. The van der Waals surface area contributed by atoms with Crippen LogP contribution >= 0.6 is 35.0 Å². The van der Waals surface area contributed by atoms with Crippen LogP contribution in [-0.4, -0.2) is 40.2 Å². The SMILES string of the molecule is CC(Sc1cc(Cl)ccc1Cl)C(=O)N1CCC(C(=O)O)CC1. The zero-order chi connectivity index (χ0) is 16.3. The van der Waals surface area contributed by atoms with Crippen LogP contribution in [0.3, 0.4) is 0 Å². The number of nitrogens with zero attached hydrogens (tertiary/aromatic N) is 1. The Hall–Kier alpha value is -0.910. The third-order valence-electron chi connectivity index (χ3n) is 3.70. The largest absolute Gasteiger partial charge is 0.481 e. The average Bonchev–Trinajstić information content (AvgIpc) is 2.50. The first-order valence-corrected chi connectivity index (χ1v) is 8.65. The Balaban J connectivity index is 1.95. The second-order valence-electron chi connectivity index (χ2n) is 5.27. The van der Waals surface area contributed by atoms with Crippen LogP contribution in [0, 0.1) is 5.92 Å². The summed E-state index contributed by atoms with van der Waals surface area (Å²) < 4.78 is 0. The summed E-state index contributed by atoms with van der Waals surface area (Å²) in [6.45, 7) is 2.81. The van der Waals surface area contributed by atoms with E-state index >= 15 is 0 Å². The van der Waals surface area contributed by atoms with Crippen molar-refractivity contribution >= 4 is 46.8 Å². The molecule has 4 nitrogen and oxygen atoms in total. The molecule has 1 saturated heterocycles. The van der Waals surface area contributed by atoms with Gasteiger partial charge in [-0.05, 0) is 38.0 Å². The van der Waals surface area contributed by atoms with E-state index in [1.165, 1.54) is 11.8 Å². The third kappa shape index (κ3) is 4.31. The molecule has 1 N–H and O–H groups in total. The predicted octanol–water partition coefficient (Wildman–Crippen LogP) is 3.80. The van der Waals surface area contributed by atoms with Crippen molar-refractivity contribution in [3.05, 3.63) is 28.2 Å². The van der Waals surface area contributed by atoms with Crippen LogP contribution in [0.15, 0.2) is 23.1 Å². The van der Waals surface area contributed by atoms with Gasteiger partial charge in [0, 0.05) is 23.0 Å². The normalized spacial score (nSPS) is 17.3. The van der Waals surface area contributed by atoms with Crippen molar-refractivity contribution in [2.45, 2.75) is 29.9 Å². The van der Waals surface area contributed by atoms with Crippen LogP contribution in [0.4, 0.5) is 0 Å². The van der Waals surface area contributed by atoms with Gasteiger partial charge in [-0.25, -0.2) is 0 Å². The molecule has 1 aromatic carbocycles. The first kappa shape index (κ1) is 17.4. The van der Waals surface area contributed by atoms with Crippen molar-refractivity contribution in [3.63, 3.8) is 0 Å². The number of carboxylic acid groups (broad SMARTS) is 1. The van der Waals surface area contributed by atoms with Crippen LogP contribution in [0.1, 0.15) is 19.8 Å². The standard InChI is InChI=1S/C15H17Cl2NO3S/c1-9(22-13-8-11(16)2-3-12(13)17)14(19)18-6-4-10(5-7-18)15(20)21/h2-3,8-10H,4-7H2,1H3,(H,20,21). The number of rotatable bonds is 4. The lowest BCUT2D eigenvalue weighted by Crippen LogP contribution is -2.43. The van der Waals surface area contributed by atoms with Gasteiger partial charge in [0.1, 0.15) is 0 Å². The van der Waals surface area contributed by atoms with E-state index in [2.05, 4.69) is 0 Å². The molecule has 1 atom stereocenters. The molecule has 0 bridgehead atoms. The molecule has 1 unspecified atom stereocenters. The number of piperidine rings is 1. The average molecular weight is 362 g/mol. The topological polar surface area (TPSA) is 57.6 Å². The lowest BCUT2D eigenvalue weighted by Gasteiger charge is -2.31. The Morgan fingerprint density at radius 1 is 1.32 bits per heavy atom. The van der Waals surface area contributed by atoms with E-state index in [9.17, 15) is 9.59 Å². The van der Waals surface area contributed by atoms with Gasteiger partial charge in [-0.3, -0.25) is 9.59 Å². The molecule has 0 aromatic heterocycles. The summed E-state index contributed by atoms with van der Waals surface area (Å²) in [5.74, 6) is -1.11. The minimum Gasteiger partial charge on any atom is -0.481 e. The Kier molecular flexibility index (Phi) is 6.01. The fraction of sp³-hybridized carbons (Fsp3) is 0.467. The van der Waals surface area contributed by atoms with Crippen molar-refractivity contribution in [3.8, 4) is 0 Å². The van der Waals surface area contributed by atoms with Gasteiger partial charge in [0.25, 0.3) is 0 Å². The first-order valence-electron chi connectivity index (χ1n) is 7.01.